The quantitative estimate of drug-likeness (QED) is 0.460. The number of esters is 4. The molecule has 4 atom stereocenters. The highest BCUT2D eigenvalue weighted by atomic mass is 16.8. The van der Waals surface area contributed by atoms with Crippen molar-refractivity contribution in [1.29, 1.82) is 0 Å². The normalized spacial score (nSPS) is 28.6. The van der Waals surface area contributed by atoms with Crippen LogP contribution in [0.1, 0.15) is 27.7 Å². The molecule has 25 heavy (non-hydrogen) atoms. The first-order valence-corrected chi connectivity index (χ1v) is 7.45. The lowest BCUT2D eigenvalue weighted by atomic mass is 9.96. The SMILES string of the molecule is COC1(COC(C)=O)OCC(OC(C)=O)C(OC(C)=O)C1OC(C)=O. The predicted molar refractivity (Wildman–Crippen MR) is 79.0 cm³/mol. The van der Waals surface area contributed by atoms with Gasteiger partial charge in [0.1, 0.15) is 6.61 Å². The van der Waals surface area contributed by atoms with Crippen molar-refractivity contribution in [3.05, 3.63) is 0 Å². The van der Waals surface area contributed by atoms with Gasteiger partial charge in [-0.2, -0.15) is 0 Å². The third kappa shape index (κ3) is 5.68. The van der Waals surface area contributed by atoms with Gasteiger partial charge in [-0.15, -0.1) is 0 Å². The molecule has 1 aliphatic rings. The summed E-state index contributed by atoms with van der Waals surface area (Å²) in [7, 11) is 1.25. The van der Waals surface area contributed by atoms with Gasteiger partial charge in [-0.1, -0.05) is 0 Å². The summed E-state index contributed by atoms with van der Waals surface area (Å²) >= 11 is 0. The van der Waals surface area contributed by atoms with Crippen molar-refractivity contribution in [3.8, 4) is 0 Å². The predicted octanol–water partition coefficient (Wildman–Crippen LogP) is -0.282. The fourth-order valence-corrected chi connectivity index (χ4v) is 2.38. The number of ether oxygens (including phenoxy) is 6. The Labute approximate surface area is 144 Å². The molecule has 0 aromatic rings. The van der Waals surface area contributed by atoms with Gasteiger partial charge in [0, 0.05) is 34.8 Å². The average molecular weight is 362 g/mol. The topological polar surface area (TPSA) is 124 Å². The van der Waals surface area contributed by atoms with Gasteiger partial charge in [0.2, 0.25) is 5.79 Å². The van der Waals surface area contributed by atoms with Gasteiger partial charge in [-0.05, 0) is 0 Å². The Hall–Kier alpha value is -2.20. The first kappa shape index (κ1) is 20.8. The molecule has 4 unspecified atom stereocenters. The van der Waals surface area contributed by atoms with Crippen LogP contribution in [0.4, 0.5) is 0 Å². The molecule has 10 nitrogen and oxygen atoms in total. The molecule has 0 radical (unpaired) electrons. The van der Waals surface area contributed by atoms with Gasteiger partial charge in [0.05, 0.1) is 6.61 Å². The van der Waals surface area contributed by atoms with Crippen LogP contribution in [0.2, 0.25) is 0 Å². The lowest BCUT2D eigenvalue weighted by Crippen LogP contribution is -2.66. The minimum Gasteiger partial charge on any atom is -0.460 e. The van der Waals surface area contributed by atoms with E-state index < -0.39 is 54.6 Å². The standard InChI is InChI=1S/C15H22O10/c1-8(16)21-7-15(20-5)14(25-11(4)19)13(24-10(3)18)12(6-22-15)23-9(2)17/h12-14H,6-7H2,1-5H3. The van der Waals surface area contributed by atoms with Crippen molar-refractivity contribution in [3.63, 3.8) is 0 Å². The van der Waals surface area contributed by atoms with E-state index in [1.54, 1.807) is 0 Å². The molecular formula is C15H22O10. The van der Waals surface area contributed by atoms with Gasteiger partial charge in [-0.25, -0.2) is 0 Å². The summed E-state index contributed by atoms with van der Waals surface area (Å²) in [6.07, 6.45) is -3.59. The Kier molecular flexibility index (Phi) is 7.31. The first-order chi connectivity index (χ1) is 11.6. The fraction of sp³-hybridized carbons (Fsp3) is 0.733. The van der Waals surface area contributed by atoms with E-state index in [2.05, 4.69) is 0 Å². The first-order valence-electron chi connectivity index (χ1n) is 7.45. The van der Waals surface area contributed by atoms with Crippen molar-refractivity contribution < 1.29 is 47.6 Å². The van der Waals surface area contributed by atoms with E-state index >= 15 is 0 Å². The van der Waals surface area contributed by atoms with Crippen molar-refractivity contribution in [2.75, 3.05) is 20.3 Å². The molecule has 0 N–H and O–H groups in total. The number of hydrogen-bond donors (Lipinski definition) is 0. The zero-order valence-corrected chi connectivity index (χ0v) is 14.7. The molecule has 10 heteroatoms. The van der Waals surface area contributed by atoms with Crippen molar-refractivity contribution in [2.45, 2.75) is 51.8 Å². The Balaban J connectivity index is 3.23. The lowest BCUT2D eigenvalue weighted by Gasteiger charge is -2.46. The number of methoxy groups -OCH3 is 1. The summed E-state index contributed by atoms with van der Waals surface area (Å²) in [5.74, 6) is -4.41. The maximum Gasteiger partial charge on any atom is 0.303 e. The number of carbonyl (C=O) groups is 4. The zero-order chi connectivity index (χ0) is 19.2. The smallest absolute Gasteiger partial charge is 0.303 e. The van der Waals surface area contributed by atoms with Crippen LogP contribution >= 0.6 is 0 Å². The maximum absolute atomic E-state index is 11.5. The molecular weight excluding hydrogens is 340 g/mol. The summed E-state index contributed by atoms with van der Waals surface area (Å²) in [6.45, 7) is 3.96. The molecule has 0 spiro atoms. The molecule has 1 rings (SSSR count). The lowest BCUT2D eigenvalue weighted by molar-refractivity contribution is -0.344. The van der Waals surface area contributed by atoms with Crippen LogP contribution in [0.25, 0.3) is 0 Å². The summed E-state index contributed by atoms with van der Waals surface area (Å²) in [6, 6.07) is 0. The van der Waals surface area contributed by atoms with Crippen LogP contribution < -0.4 is 0 Å². The average Bonchev–Trinajstić information content (AvgIpc) is 2.48. The van der Waals surface area contributed by atoms with E-state index in [0.29, 0.717) is 0 Å². The largest absolute Gasteiger partial charge is 0.460 e. The third-order valence-electron chi connectivity index (χ3n) is 3.32. The van der Waals surface area contributed by atoms with Gasteiger partial charge in [-0.3, -0.25) is 19.2 Å². The molecule has 1 heterocycles. The molecule has 1 fully saturated rings. The van der Waals surface area contributed by atoms with E-state index in [4.69, 9.17) is 28.4 Å². The number of carbonyl (C=O) groups excluding carboxylic acids is 4. The van der Waals surface area contributed by atoms with Gasteiger partial charge in [0.15, 0.2) is 18.3 Å². The van der Waals surface area contributed by atoms with Gasteiger partial charge < -0.3 is 28.4 Å². The fourth-order valence-electron chi connectivity index (χ4n) is 2.38. The summed E-state index contributed by atoms with van der Waals surface area (Å²) < 4.78 is 31.3. The summed E-state index contributed by atoms with van der Waals surface area (Å²) in [4.78, 5) is 45.4. The van der Waals surface area contributed by atoms with Crippen LogP contribution in [0.3, 0.4) is 0 Å². The second-order valence-corrected chi connectivity index (χ2v) is 5.36. The van der Waals surface area contributed by atoms with E-state index in [-0.39, 0.29) is 6.61 Å². The molecule has 0 saturated carbocycles. The molecule has 142 valence electrons. The van der Waals surface area contributed by atoms with Crippen molar-refractivity contribution in [2.24, 2.45) is 0 Å². The van der Waals surface area contributed by atoms with Crippen LogP contribution in [0, 0.1) is 0 Å². The van der Waals surface area contributed by atoms with Crippen molar-refractivity contribution >= 4 is 23.9 Å². The molecule has 1 aliphatic heterocycles. The molecule has 0 aromatic heterocycles. The van der Waals surface area contributed by atoms with Crippen LogP contribution in [-0.4, -0.2) is 68.3 Å². The third-order valence-corrected chi connectivity index (χ3v) is 3.32. The second-order valence-electron chi connectivity index (χ2n) is 5.36. The molecule has 0 aromatic carbocycles. The number of hydrogen-bond acceptors (Lipinski definition) is 10. The molecule has 0 amide bonds. The Bertz CT molecular complexity index is 530. The van der Waals surface area contributed by atoms with Crippen molar-refractivity contribution in [1.82, 2.24) is 0 Å². The van der Waals surface area contributed by atoms with E-state index in [0.717, 1.165) is 13.8 Å². The minimum absolute atomic E-state index is 0.232. The molecule has 1 saturated heterocycles. The molecule has 0 aliphatic carbocycles. The minimum atomic E-state index is -1.73. The van der Waals surface area contributed by atoms with Crippen LogP contribution in [0.15, 0.2) is 0 Å². The number of rotatable bonds is 6. The van der Waals surface area contributed by atoms with Crippen LogP contribution in [-0.2, 0) is 47.6 Å². The zero-order valence-electron chi connectivity index (χ0n) is 14.7. The van der Waals surface area contributed by atoms with E-state index in [1.165, 1.54) is 21.0 Å². The maximum atomic E-state index is 11.5. The monoisotopic (exact) mass is 362 g/mol. The molecule has 0 bridgehead atoms. The van der Waals surface area contributed by atoms with E-state index in [9.17, 15) is 19.2 Å². The van der Waals surface area contributed by atoms with Gasteiger partial charge >= 0.3 is 23.9 Å². The Morgan fingerprint density at radius 2 is 1.48 bits per heavy atom. The van der Waals surface area contributed by atoms with E-state index in [1.807, 2.05) is 0 Å². The van der Waals surface area contributed by atoms with Gasteiger partial charge in [0.25, 0.3) is 0 Å². The summed E-state index contributed by atoms with van der Waals surface area (Å²) in [5.41, 5.74) is 0. The highest BCUT2D eigenvalue weighted by molar-refractivity contribution is 5.68. The van der Waals surface area contributed by atoms with Crippen LogP contribution in [0.5, 0.6) is 0 Å². The Morgan fingerprint density at radius 1 is 0.920 bits per heavy atom. The summed E-state index contributed by atoms with van der Waals surface area (Å²) in [5, 5.41) is 0. The highest BCUT2D eigenvalue weighted by Crippen LogP contribution is 2.33. The second kappa shape index (κ2) is 8.77. The highest BCUT2D eigenvalue weighted by Gasteiger charge is 2.57. The Morgan fingerprint density at radius 3 is 1.92 bits per heavy atom.